The van der Waals surface area contributed by atoms with Crippen molar-refractivity contribution in [1.82, 2.24) is 5.32 Å². The Morgan fingerprint density at radius 2 is 2.00 bits per heavy atom. The van der Waals surface area contributed by atoms with Crippen LogP contribution in [0, 0.1) is 0 Å². The standard InChI is InChI=1S/C25H28ClN3O2S/c1-2-7-20-14-22(26)15-21(24(20)31-17-19-8-4-3-5-9-19)16-27-11-6-12-28-25(30)29-23-10-13-32-18-23/h2-5,8-10,13-15,18,27H,1,6-7,11-12,16-17H2,(H2,28,29,30)/p+1. The van der Waals surface area contributed by atoms with Gasteiger partial charge in [0.15, 0.2) is 0 Å². The number of nitrogens with two attached hydrogens (primary N) is 1. The van der Waals surface area contributed by atoms with Crippen LogP contribution in [-0.4, -0.2) is 19.1 Å². The second-order valence-corrected chi connectivity index (χ2v) is 8.56. The average molecular weight is 471 g/mol. The minimum atomic E-state index is -0.177. The predicted molar refractivity (Wildman–Crippen MR) is 133 cm³/mol. The van der Waals surface area contributed by atoms with E-state index in [9.17, 15) is 4.79 Å². The van der Waals surface area contributed by atoms with Crippen LogP contribution in [0.25, 0.3) is 0 Å². The molecule has 0 fully saturated rings. The molecule has 0 saturated heterocycles. The summed E-state index contributed by atoms with van der Waals surface area (Å²) >= 11 is 7.92. The van der Waals surface area contributed by atoms with Gasteiger partial charge in [0.2, 0.25) is 0 Å². The van der Waals surface area contributed by atoms with E-state index in [0.717, 1.165) is 47.6 Å². The van der Waals surface area contributed by atoms with Gasteiger partial charge >= 0.3 is 6.03 Å². The fraction of sp³-hybridized carbons (Fsp3) is 0.240. The number of urea groups is 1. The third kappa shape index (κ3) is 7.71. The number of nitrogens with one attached hydrogen (secondary N) is 2. The number of allylic oxidation sites excluding steroid dienone is 1. The predicted octanol–water partition coefficient (Wildman–Crippen LogP) is 4.98. The van der Waals surface area contributed by atoms with Crippen LogP contribution in [0.1, 0.15) is 23.1 Å². The molecule has 0 aliphatic carbocycles. The number of benzene rings is 2. The summed E-state index contributed by atoms with van der Waals surface area (Å²) in [5.41, 5.74) is 4.04. The van der Waals surface area contributed by atoms with E-state index in [0.29, 0.717) is 24.6 Å². The summed E-state index contributed by atoms with van der Waals surface area (Å²) in [6.45, 7) is 6.60. The molecule has 1 heterocycles. The topological polar surface area (TPSA) is 67.0 Å². The molecule has 2 aromatic carbocycles. The highest BCUT2D eigenvalue weighted by atomic mass is 35.5. The van der Waals surface area contributed by atoms with Crippen LogP contribution in [-0.2, 0) is 19.6 Å². The van der Waals surface area contributed by atoms with Gasteiger partial charge in [-0.1, -0.05) is 48.0 Å². The third-order valence-corrected chi connectivity index (χ3v) is 5.71. The van der Waals surface area contributed by atoms with Crippen LogP contribution in [0.4, 0.5) is 10.5 Å². The summed E-state index contributed by atoms with van der Waals surface area (Å²) in [6, 6.07) is 15.7. The monoisotopic (exact) mass is 470 g/mol. The number of rotatable bonds is 12. The molecular weight excluding hydrogens is 442 g/mol. The number of carbonyl (C=O) groups excluding carboxylic acids is 1. The molecule has 7 heteroatoms. The summed E-state index contributed by atoms with van der Waals surface area (Å²) in [7, 11) is 0. The lowest BCUT2D eigenvalue weighted by molar-refractivity contribution is -0.670. The first-order chi connectivity index (χ1) is 15.7. The van der Waals surface area contributed by atoms with Crippen LogP contribution in [0.3, 0.4) is 0 Å². The first kappa shape index (κ1) is 23.9. The summed E-state index contributed by atoms with van der Waals surface area (Å²) in [5.74, 6) is 0.877. The maximum atomic E-state index is 11.9. The molecule has 168 valence electrons. The quantitative estimate of drug-likeness (QED) is 0.258. The van der Waals surface area contributed by atoms with Gasteiger partial charge in [0.1, 0.15) is 18.9 Å². The van der Waals surface area contributed by atoms with Crippen LogP contribution in [0.15, 0.2) is 71.9 Å². The molecule has 0 atom stereocenters. The minimum Gasteiger partial charge on any atom is -0.488 e. The van der Waals surface area contributed by atoms with Crippen molar-refractivity contribution >= 4 is 34.7 Å². The number of ether oxygens (including phenoxy) is 1. The fourth-order valence-electron chi connectivity index (χ4n) is 3.30. The molecule has 0 bridgehead atoms. The minimum absolute atomic E-state index is 0.177. The number of anilines is 1. The van der Waals surface area contributed by atoms with Gasteiger partial charge in [-0.15, -0.1) is 6.58 Å². The van der Waals surface area contributed by atoms with E-state index in [1.807, 2.05) is 53.2 Å². The lowest BCUT2D eigenvalue weighted by Gasteiger charge is -2.16. The van der Waals surface area contributed by atoms with Crippen molar-refractivity contribution in [1.29, 1.82) is 0 Å². The molecule has 5 nitrogen and oxygen atoms in total. The van der Waals surface area contributed by atoms with Gasteiger partial charge in [-0.25, -0.2) is 4.79 Å². The maximum absolute atomic E-state index is 11.9. The molecule has 2 amide bonds. The molecule has 3 rings (SSSR count). The zero-order valence-corrected chi connectivity index (χ0v) is 19.6. The van der Waals surface area contributed by atoms with Crippen molar-refractivity contribution in [2.45, 2.75) is 26.0 Å². The highest BCUT2D eigenvalue weighted by molar-refractivity contribution is 7.08. The summed E-state index contributed by atoms with van der Waals surface area (Å²) in [4.78, 5) is 11.9. The van der Waals surface area contributed by atoms with Gasteiger partial charge in [0.25, 0.3) is 0 Å². The van der Waals surface area contributed by atoms with Crippen LogP contribution < -0.4 is 20.7 Å². The van der Waals surface area contributed by atoms with E-state index >= 15 is 0 Å². The third-order valence-electron chi connectivity index (χ3n) is 4.81. The number of halogens is 1. The Balaban J connectivity index is 1.50. The Bertz CT molecular complexity index is 994. The van der Waals surface area contributed by atoms with Crippen LogP contribution >= 0.6 is 22.9 Å². The highest BCUT2D eigenvalue weighted by Crippen LogP contribution is 2.29. The van der Waals surface area contributed by atoms with E-state index in [1.165, 1.54) is 0 Å². The molecule has 4 N–H and O–H groups in total. The Hall–Kier alpha value is -2.80. The van der Waals surface area contributed by atoms with E-state index in [1.54, 1.807) is 11.3 Å². The van der Waals surface area contributed by atoms with Crippen LogP contribution in [0.2, 0.25) is 5.02 Å². The Kier molecular flexibility index (Phi) is 9.62. The molecule has 0 spiro atoms. The molecule has 0 aliphatic heterocycles. The van der Waals surface area contributed by atoms with Gasteiger partial charge < -0.3 is 20.7 Å². The van der Waals surface area contributed by atoms with Crippen molar-refractivity contribution < 1.29 is 14.8 Å². The number of quaternary nitrogens is 1. The fourth-order valence-corrected chi connectivity index (χ4v) is 4.15. The first-order valence-electron chi connectivity index (χ1n) is 10.6. The van der Waals surface area contributed by atoms with E-state index in [4.69, 9.17) is 16.3 Å². The summed E-state index contributed by atoms with van der Waals surface area (Å²) in [5, 5.41) is 12.4. The van der Waals surface area contributed by atoms with Gasteiger partial charge in [0.05, 0.1) is 12.2 Å². The largest absolute Gasteiger partial charge is 0.488 e. The lowest BCUT2D eigenvalue weighted by Crippen LogP contribution is -2.82. The van der Waals surface area contributed by atoms with E-state index in [-0.39, 0.29) is 6.03 Å². The molecule has 32 heavy (non-hydrogen) atoms. The molecule has 0 radical (unpaired) electrons. The Morgan fingerprint density at radius 3 is 2.75 bits per heavy atom. The van der Waals surface area contributed by atoms with Gasteiger partial charge in [0, 0.05) is 28.9 Å². The normalized spacial score (nSPS) is 10.5. The van der Waals surface area contributed by atoms with Gasteiger partial charge in [-0.3, -0.25) is 0 Å². The first-order valence-corrected chi connectivity index (χ1v) is 12.0. The highest BCUT2D eigenvalue weighted by Gasteiger charge is 2.13. The number of thiophene rings is 1. The summed E-state index contributed by atoms with van der Waals surface area (Å²) < 4.78 is 6.23. The number of amides is 2. The molecule has 0 unspecified atom stereocenters. The maximum Gasteiger partial charge on any atom is 0.319 e. The smallest absolute Gasteiger partial charge is 0.319 e. The number of hydrogen-bond donors (Lipinski definition) is 3. The van der Waals surface area contributed by atoms with Crippen molar-refractivity contribution in [3.63, 3.8) is 0 Å². The van der Waals surface area contributed by atoms with E-state index in [2.05, 4.69) is 34.7 Å². The van der Waals surface area contributed by atoms with Gasteiger partial charge in [-0.05, 0) is 41.1 Å². The zero-order chi connectivity index (χ0) is 22.6. The Morgan fingerprint density at radius 1 is 1.19 bits per heavy atom. The van der Waals surface area contributed by atoms with Gasteiger partial charge in [-0.2, -0.15) is 11.3 Å². The van der Waals surface area contributed by atoms with E-state index < -0.39 is 0 Å². The number of carbonyl (C=O) groups is 1. The van der Waals surface area contributed by atoms with Crippen LogP contribution in [0.5, 0.6) is 5.75 Å². The van der Waals surface area contributed by atoms with Crippen molar-refractivity contribution in [2.75, 3.05) is 18.4 Å². The lowest BCUT2D eigenvalue weighted by atomic mass is 10.1. The molecule has 3 aromatic rings. The Labute approximate surface area is 198 Å². The molecule has 0 saturated carbocycles. The SMILES string of the molecule is C=CCc1cc(Cl)cc(C[NH2+]CCCNC(=O)Nc2ccsc2)c1OCc1ccccc1. The molecule has 0 aliphatic rings. The molecule has 1 aromatic heterocycles. The van der Waals surface area contributed by atoms with Crippen molar-refractivity contribution in [2.24, 2.45) is 0 Å². The zero-order valence-electron chi connectivity index (χ0n) is 18.0. The number of hydrogen-bond acceptors (Lipinski definition) is 3. The molecular formula is C25H29ClN3O2S+. The average Bonchev–Trinajstić information content (AvgIpc) is 3.29. The second kappa shape index (κ2) is 12.9. The summed E-state index contributed by atoms with van der Waals surface area (Å²) in [6.07, 6.45) is 3.42. The van der Waals surface area contributed by atoms with Crippen molar-refractivity contribution in [3.05, 3.63) is 93.7 Å². The van der Waals surface area contributed by atoms with Crippen molar-refractivity contribution in [3.8, 4) is 5.75 Å². The second-order valence-electron chi connectivity index (χ2n) is 7.35.